The summed E-state index contributed by atoms with van der Waals surface area (Å²) in [7, 11) is 0. The second-order valence-electron chi connectivity index (χ2n) is 5.87. The highest BCUT2D eigenvalue weighted by Gasteiger charge is 2.18. The first kappa shape index (κ1) is 17.4. The van der Waals surface area contributed by atoms with Crippen molar-refractivity contribution < 1.29 is 19.4 Å². The van der Waals surface area contributed by atoms with Crippen LogP contribution in [0.1, 0.15) is 31.8 Å². The molecule has 0 aromatic heterocycles. The number of phenols is 1. The SMILES string of the molecule is O=C(OC(=O)c1ccc(O)cc1CCc1ccccc1)c1ccccc1. The van der Waals surface area contributed by atoms with Crippen molar-refractivity contribution in [3.63, 3.8) is 0 Å². The molecule has 0 aliphatic rings. The highest BCUT2D eigenvalue weighted by molar-refractivity contribution is 6.03. The molecule has 0 atom stereocenters. The molecule has 3 aromatic rings. The summed E-state index contributed by atoms with van der Waals surface area (Å²) < 4.78 is 5.00. The van der Waals surface area contributed by atoms with Crippen LogP contribution in [0.3, 0.4) is 0 Å². The summed E-state index contributed by atoms with van der Waals surface area (Å²) in [6.45, 7) is 0. The molecule has 0 aliphatic carbocycles. The summed E-state index contributed by atoms with van der Waals surface area (Å²) in [5.41, 5.74) is 2.35. The van der Waals surface area contributed by atoms with Crippen LogP contribution in [0, 0.1) is 0 Å². The van der Waals surface area contributed by atoms with Gasteiger partial charge in [-0.15, -0.1) is 0 Å². The number of aromatic hydroxyl groups is 1. The van der Waals surface area contributed by atoms with Gasteiger partial charge in [-0.1, -0.05) is 48.5 Å². The van der Waals surface area contributed by atoms with Gasteiger partial charge in [-0.2, -0.15) is 0 Å². The fourth-order valence-corrected chi connectivity index (χ4v) is 2.68. The van der Waals surface area contributed by atoms with Crippen LogP contribution in [0.5, 0.6) is 5.75 Å². The smallest absolute Gasteiger partial charge is 0.346 e. The Morgan fingerprint density at radius 3 is 2.12 bits per heavy atom. The largest absolute Gasteiger partial charge is 0.508 e. The number of carbonyl (C=O) groups excluding carboxylic acids is 2. The Labute approximate surface area is 151 Å². The minimum Gasteiger partial charge on any atom is -0.508 e. The first-order chi connectivity index (χ1) is 12.6. The van der Waals surface area contributed by atoms with Gasteiger partial charge in [0.2, 0.25) is 0 Å². The Morgan fingerprint density at radius 1 is 0.769 bits per heavy atom. The molecule has 130 valence electrons. The molecular formula is C22H18O4. The van der Waals surface area contributed by atoms with Gasteiger partial charge in [0.25, 0.3) is 0 Å². The van der Waals surface area contributed by atoms with Gasteiger partial charge in [0.05, 0.1) is 11.1 Å². The third-order valence-corrected chi connectivity index (χ3v) is 4.03. The molecule has 4 nitrogen and oxygen atoms in total. The number of phenolic OH excluding ortho intramolecular Hbond substituents is 1. The number of hydrogen-bond donors (Lipinski definition) is 1. The minimum absolute atomic E-state index is 0.0685. The van der Waals surface area contributed by atoms with Gasteiger partial charge in [-0.3, -0.25) is 0 Å². The van der Waals surface area contributed by atoms with Gasteiger partial charge in [0.15, 0.2) is 0 Å². The Bertz CT molecular complexity index is 902. The number of carbonyl (C=O) groups is 2. The molecule has 0 radical (unpaired) electrons. The van der Waals surface area contributed by atoms with E-state index in [0.717, 1.165) is 5.56 Å². The number of hydrogen-bond acceptors (Lipinski definition) is 4. The van der Waals surface area contributed by atoms with Crippen LogP contribution in [0.15, 0.2) is 78.9 Å². The zero-order valence-electron chi connectivity index (χ0n) is 14.1. The van der Waals surface area contributed by atoms with Gasteiger partial charge in [-0.05, 0) is 54.3 Å². The zero-order valence-corrected chi connectivity index (χ0v) is 14.1. The molecule has 4 heteroatoms. The molecule has 0 amide bonds. The minimum atomic E-state index is -0.720. The zero-order chi connectivity index (χ0) is 18.4. The Balaban J connectivity index is 1.76. The van der Waals surface area contributed by atoms with Crippen LogP contribution in [-0.4, -0.2) is 17.0 Å². The Morgan fingerprint density at radius 2 is 1.42 bits per heavy atom. The van der Waals surface area contributed by atoms with E-state index in [1.165, 1.54) is 18.2 Å². The van der Waals surface area contributed by atoms with Crippen LogP contribution in [0.2, 0.25) is 0 Å². The standard InChI is InChI=1S/C22H18O4/c23-19-13-14-20(18(15-19)12-11-16-7-3-1-4-8-16)22(25)26-21(24)17-9-5-2-6-10-17/h1-10,13-15,23H,11-12H2. The maximum atomic E-state index is 12.4. The molecule has 0 saturated carbocycles. The molecule has 0 saturated heterocycles. The quantitative estimate of drug-likeness (QED) is 0.556. The van der Waals surface area contributed by atoms with E-state index in [9.17, 15) is 14.7 Å². The number of benzene rings is 3. The maximum absolute atomic E-state index is 12.4. The van der Waals surface area contributed by atoms with E-state index in [1.54, 1.807) is 30.3 Å². The number of ether oxygens (including phenoxy) is 1. The van der Waals surface area contributed by atoms with Crippen molar-refractivity contribution in [1.82, 2.24) is 0 Å². The van der Waals surface area contributed by atoms with Crippen molar-refractivity contribution in [3.05, 3.63) is 101 Å². The highest BCUT2D eigenvalue weighted by Crippen LogP contribution is 2.20. The van der Waals surface area contributed by atoms with Gasteiger partial charge in [-0.25, -0.2) is 9.59 Å². The average molecular weight is 346 g/mol. The molecular weight excluding hydrogens is 328 g/mol. The lowest BCUT2D eigenvalue weighted by atomic mass is 9.99. The van der Waals surface area contributed by atoms with Crippen molar-refractivity contribution in [2.24, 2.45) is 0 Å². The van der Waals surface area contributed by atoms with Crippen LogP contribution >= 0.6 is 0 Å². The third kappa shape index (κ3) is 4.36. The lowest BCUT2D eigenvalue weighted by Crippen LogP contribution is -2.14. The number of rotatable bonds is 5. The summed E-state index contributed by atoms with van der Waals surface area (Å²) in [6.07, 6.45) is 1.25. The van der Waals surface area contributed by atoms with E-state index < -0.39 is 11.9 Å². The van der Waals surface area contributed by atoms with Crippen LogP contribution in [-0.2, 0) is 17.6 Å². The van der Waals surface area contributed by atoms with Crippen molar-refractivity contribution in [2.75, 3.05) is 0 Å². The molecule has 0 fully saturated rings. The highest BCUT2D eigenvalue weighted by atomic mass is 16.6. The summed E-state index contributed by atoms with van der Waals surface area (Å²) in [5, 5.41) is 9.76. The van der Waals surface area contributed by atoms with Gasteiger partial charge in [0.1, 0.15) is 5.75 Å². The third-order valence-electron chi connectivity index (χ3n) is 4.03. The summed E-state index contributed by atoms with van der Waals surface area (Å²) in [5.74, 6) is -1.35. The van der Waals surface area contributed by atoms with Crippen molar-refractivity contribution >= 4 is 11.9 Å². The van der Waals surface area contributed by atoms with Gasteiger partial charge >= 0.3 is 11.9 Å². The van der Waals surface area contributed by atoms with E-state index >= 15 is 0 Å². The number of esters is 2. The first-order valence-electron chi connectivity index (χ1n) is 8.31. The molecule has 3 aromatic carbocycles. The summed E-state index contributed by atoms with van der Waals surface area (Å²) >= 11 is 0. The maximum Gasteiger partial charge on any atom is 0.346 e. The van der Waals surface area contributed by atoms with Crippen molar-refractivity contribution in [3.8, 4) is 5.75 Å². The summed E-state index contributed by atoms with van der Waals surface area (Å²) in [4.78, 5) is 24.5. The van der Waals surface area contributed by atoms with Crippen molar-refractivity contribution in [2.45, 2.75) is 12.8 Å². The van der Waals surface area contributed by atoms with Crippen LogP contribution in [0.25, 0.3) is 0 Å². The molecule has 0 aliphatic heterocycles. The van der Waals surface area contributed by atoms with Crippen molar-refractivity contribution in [1.29, 1.82) is 0 Å². The second kappa shape index (κ2) is 8.12. The molecule has 1 N–H and O–H groups in total. The van der Waals surface area contributed by atoms with Crippen LogP contribution < -0.4 is 0 Å². The molecule has 0 bridgehead atoms. The van der Waals surface area contributed by atoms with E-state index in [2.05, 4.69) is 0 Å². The first-order valence-corrected chi connectivity index (χ1v) is 8.31. The molecule has 3 rings (SSSR count). The monoisotopic (exact) mass is 346 g/mol. The predicted octanol–water partition coefficient (Wildman–Crippen LogP) is 4.17. The fraction of sp³-hybridized carbons (Fsp3) is 0.0909. The van der Waals surface area contributed by atoms with E-state index in [0.29, 0.717) is 24.0 Å². The lowest BCUT2D eigenvalue weighted by molar-refractivity contribution is 0.0397. The van der Waals surface area contributed by atoms with Gasteiger partial charge < -0.3 is 9.84 Å². The molecule has 0 spiro atoms. The predicted molar refractivity (Wildman–Crippen MR) is 98.1 cm³/mol. The van der Waals surface area contributed by atoms with E-state index in [1.807, 2.05) is 30.3 Å². The number of aryl methyl sites for hydroxylation is 2. The normalized spacial score (nSPS) is 10.3. The van der Waals surface area contributed by atoms with E-state index in [4.69, 9.17) is 4.74 Å². The fourth-order valence-electron chi connectivity index (χ4n) is 2.68. The second-order valence-corrected chi connectivity index (χ2v) is 5.87. The molecule has 26 heavy (non-hydrogen) atoms. The van der Waals surface area contributed by atoms with Crippen LogP contribution in [0.4, 0.5) is 0 Å². The van der Waals surface area contributed by atoms with Gasteiger partial charge in [0, 0.05) is 0 Å². The summed E-state index contributed by atoms with van der Waals surface area (Å²) in [6, 6.07) is 22.6. The topological polar surface area (TPSA) is 63.6 Å². The molecule has 0 heterocycles. The average Bonchev–Trinajstić information content (AvgIpc) is 2.68. The Hall–Kier alpha value is -3.40. The lowest BCUT2D eigenvalue weighted by Gasteiger charge is -2.10. The van der Waals surface area contributed by atoms with E-state index in [-0.39, 0.29) is 11.3 Å². The molecule has 0 unspecified atom stereocenters. The Kier molecular flexibility index (Phi) is 5.44.